The molecule has 1 aromatic heterocycles. The molecule has 0 aromatic carbocycles. The number of anilines is 1. The summed E-state index contributed by atoms with van der Waals surface area (Å²) in [6, 6.07) is 3.86. The number of amides is 1. The summed E-state index contributed by atoms with van der Waals surface area (Å²) in [7, 11) is 4.13. The van der Waals surface area contributed by atoms with E-state index in [0.717, 1.165) is 23.3 Å². The summed E-state index contributed by atoms with van der Waals surface area (Å²) in [5, 5.41) is 0. The van der Waals surface area contributed by atoms with Crippen LogP contribution in [0.15, 0.2) is 22.8 Å². The van der Waals surface area contributed by atoms with Crippen LogP contribution in [0.25, 0.3) is 0 Å². The van der Waals surface area contributed by atoms with E-state index in [0.29, 0.717) is 12.5 Å². The summed E-state index contributed by atoms with van der Waals surface area (Å²) in [5.41, 5.74) is 0.00599. The fraction of sp³-hybridized carbons (Fsp3) is 0.647. The summed E-state index contributed by atoms with van der Waals surface area (Å²) in [6.07, 6.45) is 2.75. The maximum atomic E-state index is 12.8. The Labute approximate surface area is 142 Å². The van der Waals surface area contributed by atoms with Crippen LogP contribution in [0.3, 0.4) is 0 Å². The van der Waals surface area contributed by atoms with Gasteiger partial charge >= 0.3 is 0 Å². The topological polar surface area (TPSA) is 36.4 Å². The predicted octanol–water partition coefficient (Wildman–Crippen LogP) is 3.42. The standard InChI is InChI=1S/C17H26BrN3O/c1-12-8-14(12)16(22)21(11-17(2,3)10-20(4)5)15-7-6-13(18)9-19-15/h6-7,9,12,14H,8,10-11H2,1-5H3/t12-,14-/m1/s1. The molecular weight excluding hydrogens is 342 g/mol. The highest BCUT2D eigenvalue weighted by Gasteiger charge is 2.43. The Kier molecular flexibility index (Phi) is 5.28. The predicted molar refractivity (Wildman–Crippen MR) is 93.9 cm³/mol. The van der Waals surface area contributed by atoms with Gasteiger partial charge in [-0.25, -0.2) is 4.98 Å². The van der Waals surface area contributed by atoms with Crippen molar-refractivity contribution < 1.29 is 4.79 Å². The van der Waals surface area contributed by atoms with E-state index in [-0.39, 0.29) is 17.2 Å². The molecule has 0 radical (unpaired) electrons. The largest absolute Gasteiger partial charge is 0.309 e. The number of hydrogen-bond donors (Lipinski definition) is 0. The molecule has 4 nitrogen and oxygen atoms in total. The van der Waals surface area contributed by atoms with Crippen LogP contribution in [-0.2, 0) is 4.79 Å². The highest BCUT2D eigenvalue weighted by molar-refractivity contribution is 9.10. The third-order valence-electron chi connectivity index (χ3n) is 4.01. The van der Waals surface area contributed by atoms with Crippen molar-refractivity contribution in [2.75, 3.05) is 32.1 Å². The van der Waals surface area contributed by atoms with E-state index in [2.05, 4.69) is 60.7 Å². The van der Waals surface area contributed by atoms with Crippen LogP contribution >= 0.6 is 15.9 Å². The number of nitrogens with zero attached hydrogens (tertiary/aromatic N) is 3. The third kappa shape index (κ3) is 4.53. The van der Waals surface area contributed by atoms with Gasteiger partial charge < -0.3 is 4.90 Å². The fourth-order valence-electron chi connectivity index (χ4n) is 3.00. The van der Waals surface area contributed by atoms with Gasteiger partial charge in [-0.05, 0) is 59.9 Å². The third-order valence-corrected chi connectivity index (χ3v) is 4.48. The van der Waals surface area contributed by atoms with Gasteiger partial charge in [-0.1, -0.05) is 20.8 Å². The SMILES string of the molecule is C[C@@H]1C[C@H]1C(=O)N(CC(C)(C)CN(C)C)c1ccc(Br)cn1. The van der Waals surface area contributed by atoms with Crippen molar-refractivity contribution in [3.8, 4) is 0 Å². The number of hydrogen-bond acceptors (Lipinski definition) is 3. The van der Waals surface area contributed by atoms with Gasteiger partial charge in [0.25, 0.3) is 0 Å². The molecule has 0 unspecified atom stereocenters. The average molecular weight is 368 g/mol. The number of aromatic nitrogens is 1. The summed E-state index contributed by atoms with van der Waals surface area (Å²) < 4.78 is 0.927. The van der Waals surface area contributed by atoms with Crippen LogP contribution < -0.4 is 4.90 Å². The zero-order valence-corrected chi connectivity index (χ0v) is 15.7. The Hall–Kier alpha value is -0.940. The van der Waals surface area contributed by atoms with Gasteiger partial charge in [-0.3, -0.25) is 9.69 Å². The minimum atomic E-state index is 0.00599. The van der Waals surface area contributed by atoms with Gasteiger partial charge in [-0.2, -0.15) is 0 Å². The first-order chi connectivity index (χ1) is 10.2. The monoisotopic (exact) mass is 367 g/mol. The van der Waals surface area contributed by atoms with E-state index in [1.54, 1.807) is 6.20 Å². The minimum absolute atomic E-state index is 0.00599. The lowest BCUT2D eigenvalue weighted by Gasteiger charge is -2.34. The van der Waals surface area contributed by atoms with Crippen molar-refractivity contribution in [2.45, 2.75) is 27.2 Å². The summed E-state index contributed by atoms with van der Waals surface area (Å²) >= 11 is 3.40. The molecule has 2 rings (SSSR count). The van der Waals surface area contributed by atoms with E-state index in [1.165, 1.54) is 0 Å². The lowest BCUT2D eigenvalue weighted by molar-refractivity contribution is -0.120. The molecule has 1 saturated carbocycles. The maximum absolute atomic E-state index is 12.8. The van der Waals surface area contributed by atoms with Gasteiger partial charge in [0.05, 0.1) is 0 Å². The molecule has 1 aromatic rings. The highest BCUT2D eigenvalue weighted by Crippen LogP contribution is 2.40. The summed E-state index contributed by atoms with van der Waals surface area (Å²) in [6.45, 7) is 8.14. The quantitative estimate of drug-likeness (QED) is 0.772. The van der Waals surface area contributed by atoms with Gasteiger partial charge in [0, 0.05) is 29.7 Å². The van der Waals surface area contributed by atoms with E-state index in [4.69, 9.17) is 0 Å². The number of carbonyl (C=O) groups is 1. The van der Waals surface area contributed by atoms with Crippen molar-refractivity contribution >= 4 is 27.7 Å². The molecule has 0 bridgehead atoms. The maximum Gasteiger partial charge on any atom is 0.231 e. The molecule has 5 heteroatoms. The smallest absolute Gasteiger partial charge is 0.231 e. The molecule has 0 spiro atoms. The van der Waals surface area contributed by atoms with Gasteiger partial charge in [0.15, 0.2) is 0 Å². The van der Waals surface area contributed by atoms with Gasteiger partial charge in [-0.15, -0.1) is 0 Å². The van der Waals surface area contributed by atoms with Crippen LogP contribution in [0.5, 0.6) is 0 Å². The van der Waals surface area contributed by atoms with E-state index in [9.17, 15) is 4.79 Å². The molecule has 122 valence electrons. The van der Waals surface area contributed by atoms with Crippen LogP contribution in [0.1, 0.15) is 27.2 Å². The fourth-order valence-corrected chi connectivity index (χ4v) is 3.23. The van der Waals surface area contributed by atoms with Crippen molar-refractivity contribution in [1.82, 2.24) is 9.88 Å². The van der Waals surface area contributed by atoms with Crippen molar-refractivity contribution in [1.29, 1.82) is 0 Å². The van der Waals surface area contributed by atoms with E-state index in [1.807, 2.05) is 17.0 Å². The minimum Gasteiger partial charge on any atom is -0.309 e. The van der Waals surface area contributed by atoms with Crippen LogP contribution in [-0.4, -0.2) is 43.0 Å². The lowest BCUT2D eigenvalue weighted by atomic mass is 9.92. The van der Waals surface area contributed by atoms with Gasteiger partial charge in [0.2, 0.25) is 5.91 Å². The molecule has 1 aliphatic carbocycles. The number of rotatable bonds is 6. The highest BCUT2D eigenvalue weighted by atomic mass is 79.9. The van der Waals surface area contributed by atoms with Crippen LogP contribution in [0, 0.1) is 17.3 Å². The molecular formula is C17H26BrN3O. The number of pyridine rings is 1. The first-order valence-electron chi connectivity index (χ1n) is 7.77. The number of halogens is 1. The molecule has 1 aliphatic rings. The zero-order chi connectivity index (χ0) is 16.5. The molecule has 0 N–H and O–H groups in total. The van der Waals surface area contributed by atoms with Crippen LogP contribution in [0.2, 0.25) is 0 Å². The molecule has 1 amide bonds. The van der Waals surface area contributed by atoms with Gasteiger partial charge in [0.1, 0.15) is 5.82 Å². The van der Waals surface area contributed by atoms with E-state index < -0.39 is 0 Å². The second-order valence-electron chi connectivity index (χ2n) is 7.48. The van der Waals surface area contributed by atoms with Crippen LogP contribution in [0.4, 0.5) is 5.82 Å². The summed E-state index contributed by atoms with van der Waals surface area (Å²) in [5.74, 6) is 1.64. The first kappa shape index (κ1) is 17.4. The molecule has 22 heavy (non-hydrogen) atoms. The Balaban J connectivity index is 2.21. The molecule has 1 heterocycles. The van der Waals surface area contributed by atoms with Crippen molar-refractivity contribution in [2.24, 2.45) is 17.3 Å². The Bertz CT molecular complexity index is 527. The zero-order valence-electron chi connectivity index (χ0n) is 14.1. The first-order valence-corrected chi connectivity index (χ1v) is 8.56. The summed E-state index contributed by atoms with van der Waals surface area (Å²) in [4.78, 5) is 21.3. The van der Waals surface area contributed by atoms with Crippen molar-refractivity contribution in [3.63, 3.8) is 0 Å². The average Bonchev–Trinajstić information content (AvgIpc) is 3.12. The Morgan fingerprint density at radius 3 is 2.45 bits per heavy atom. The Morgan fingerprint density at radius 1 is 1.36 bits per heavy atom. The Morgan fingerprint density at radius 2 is 2.00 bits per heavy atom. The molecule has 0 aliphatic heterocycles. The lowest BCUT2D eigenvalue weighted by Crippen LogP contribution is -2.44. The normalized spacial score (nSPS) is 21.0. The van der Waals surface area contributed by atoms with E-state index >= 15 is 0 Å². The molecule has 2 atom stereocenters. The molecule has 1 fully saturated rings. The number of carbonyl (C=O) groups excluding carboxylic acids is 1. The van der Waals surface area contributed by atoms with Crippen molar-refractivity contribution in [3.05, 3.63) is 22.8 Å². The second kappa shape index (κ2) is 6.67. The molecule has 0 saturated heterocycles. The second-order valence-corrected chi connectivity index (χ2v) is 8.40.